The number of ketones is 1. The van der Waals surface area contributed by atoms with Gasteiger partial charge in [-0.05, 0) is 82.6 Å². The lowest BCUT2D eigenvalue weighted by Gasteiger charge is -2.41. The quantitative estimate of drug-likeness (QED) is 0.262. The van der Waals surface area contributed by atoms with Gasteiger partial charge in [-0.2, -0.15) is 0 Å². The molecule has 1 saturated heterocycles. The average molecular weight is 575 g/mol. The molecule has 4 rings (SSSR count). The molecule has 0 aliphatic carbocycles. The van der Waals surface area contributed by atoms with Gasteiger partial charge in [-0.15, -0.1) is 0 Å². The number of rotatable bonds is 9. The molecule has 0 spiro atoms. The first-order chi connectivity index (χ1) is 19.6. The lowest BCUT2D eigenvalue weighted by molar-refractivity contribution is -0.160. The summed E-state index contributed by atoms with van der Waals surface area (Å²) in [6.07, 6.45) is 1.62. The lowest BCUT2D eigenvalue weighted by atomic mass is 9.81. The van der Waals surface area contributed by atoms with Crippen molar-refractivity contribution in [3.8, 4) is 11.1 Å². The van der Waals surface area contributed by atoms with Crippen molar-refractivity contribution in [1.82, 2.24) is 4.98 Å². The predicted octanol–water partition coefficient (Wildman–Crippen LogP) is 7.89. The molecule has 1 atom stereocenters. The largest absolute Gasteiger partial charge is 0.479 e. The number of carboxylic acids is 1. The molecule has 224 valence electrons. The summed E-state index contributed by atoms with van der Waals surface area (Å²) in [6.45, 7) is 15.5. The van der Waals surface area contributed by atoms with Gasteiger partial charge in [-0.3, -0.25) is 9.78 Å². The summed E-state index contributed by atoms with van der Waals surface area (Å²) in [5, 5.41) is 10.4. The SMILES string of the molecule is Cc1nc(C)c([C@H](OC(C)(C)C)C(=O)O)c(N2CCC(C)(C)CC2)c1-c1ccc(C(=O)CCc2ccc(F)cc2)cc1. The van der Waals surface area contributed by atoms with Gasteiger partial charge in [0.25, 0.3) is 0 Å². The van der Waals surface area contributed by atoms with Crippen molar-refractivity contribution in [2.75, 3.05) is 18.0 Å². The van der Waals surface area contributed by atoms with Crippen LogP contribution in [0.25, 0.3) is 11.1 Å². The van der Waals surface area contributed by atoms with E-state index in [1.54, 1.807) is 12.1 Å². The summed E-state index contributed by atoms with van der Waals surface area (Å²) in [6, 6.07) is 13.7. The van der Waals surface area contributed by atoms with Crippen molar-refractivity contribution in [2.45, 2.75) is 85.9 Å². The Morgan fingerprint density at radius 3 is 2.14 bits per heavy atom. The molecule has 1 aromatic heterocycles. The Morgan fingerprint density at radius 2 is 1.60 bits per heavy atom. The number of carbonyl (C=O) groups is 2. The molecule has 3 aromatic rings. The number of anilines is 1. The number of nitrogens with zero attached hydrogens (tertiary/aromatic N) is 2. The van der Waals surface area contributed by atoms with E-state index in [0.29, 0.717) is 29.7 Å². The van der Waals surface area contributed by atoms with Gasteiger partial charge in [-0.25, -0.2) is 9.18 Å². The third-order valence-corrected chi connectivity index (χ3v) is 8.02. The number of carbonyl (C=O) groups excluding carboxylic acids is 1. The zero-order valence-electron chi connectivity index (χ0n) is 25.9. The molecular formula is C35H43FN2O4. The van der Waals surface area contributed by atoms with Crippen LogP contribution in [0.4, 0.5) is 10.1 Å². The number of piperidine rings is 1. The van der Waals surface area contributed by atoms with Crippen molar-refractivity contribution < 1.29 is 23.8 Å². The number of pyridine rings is 1. The van der Waals surface area contributed by atoms with Crippen LogP contribution in [0.5, 0.6) is 0 Å². The van der Waals surface area contributed by atoms with Gasteiger partial charge < -0.3 is 14.7 Å². The summed E-state index contributed by atoms with van der Waals surface area (Å²) >= 11 is 0. The minimum atomic E-state index is -1.19. The number of benzene rings is 2. The van der Waals surface area contributed by atoms with Crippen LogP contribution in [0.3, 0.4) is 0 Å². The van der Waals surface area contributed by atoms with Gasteiger partial charge in [0.15, 0.2) is 11.9 Å². The fourth-order valence-corrected chi connectivity index (χ4v) is 5.63. The normalized spacial score (nSPS) is 15.9. The molecule has 2 heterocycles. The first kappa shape index (κ1) is 31.4. The number of hydrogen-bond donors (Lipinski definition) is 1. The van der Waals surface area contributed by atoms with E-state index >= 15 is 0 Å². The maximum Gasteiger partial charge on any atom is 0.337 e. The van der Waals surface area contributed by atoms with Crippen molar-refractivity contribution in [3.63, 3.8) is 0 Å². The summed E-state index contributed by atoms with van der Waals surface area (Å²) in [4.78, 5) is 32.8. The van der Waals surface area contributed by atoms with Gasteiger partial charge >= 0.3 is 5.97 Å². The van der Waals surface area contributed by atoms with Gasteiger partial charge in [-0.1, -0.05) is 50.2 Å². The van der Waals surface area contributed by atoms with Crippen LogP contribution in [-0.4, -0.2) is 40.5 Å². The standard InChI is InChI=1S/C35H43FN2O4/c1-22-29(26-13-11-25(12-14-26)28(39)17-10-24-8-15-27(36)16-9-24)31(38-20-18-35(6,7)19-21-38)30(23(2)37-22)32(33(40)41)42-34(3,4)5/h8-9,11-16,32H,10,17-21H2,1-7H3,(H,40,41)/t32-/m0/s1. The molecule has 2 aromatic carbocycles. The highest BCUT2D eigenvalue weighted by atomic mass is 19.1. The second kappa shape index (κ2) is 12.3. The van der Waals surface area contributed by atoms with Gasteiger partial charge in [0, 0.05) is 47.6 Å². The topological polar surface area (TPSA) is 79.7 Å². The molecule has 0 amide bonds. The number of aliphatic carboxylic acids is 1. The van der Waals surface area contributed by atoms with E-state index in [2.05, 4.69) is 18.7 Å². The molecule has 1 aliphatic heterocycles. The van der Waals surface area contributed by atoms with Crippen LogP contribution in [0.15, 0.2) is 48.5 Å². The summed E-state index contributed by atoms with van der Waals surface area (Å²) < 4.78 is 19.4. The van der Waals surface area contributed by atoms with E-state index in [0.717, 1.165) is 54.0 Å². The first-order valence-corrected chi connectivity index (χ1v) is 14.7. The average Bonchev–Trinajstić information content (AvgIpc) is 2.91. The Bertz CT molecular complexity index is 1430. The summed E-state index contributed by atoms with van der Waals surface area (Å²) in [7, 11) is 0. The molecule has 1 N–H and O–H groups in total. The minimum absolute atomic E-state index is 0.00770. The molecule has 0 bridgehead atoms. The molecular weight excluding hydrogens is 531 g/mol. The molecule has 1 fully saturated rings. The summed E-state index contributed by atoms with van der Waals surface area (Å²) in [5.74, 6) is -1.34. The van der Waals surface area contributed by atoms with Crippen LogP contribution in [0, 0.1) is 25.1 Å². The minimum Gasteiger partial charge on any atom is -0.479 e. The number of ether oxygens (including phenoxy) is 1. The van der Waals surface area contributed by atoms with Crippen molar-refractivity contribution in [3.05, 3.63) is 82.4 Å². The number of aryl methyl sites for hydroxylation is 3. The second-order valence-electron chi connectivity index (χ2n) is 13.1. The maximum absolute atomic E-state index is 13.2. The molecule has 42 heavy (non-hydrogen) atoms. The van der Waals surface area contributed by atoms with Crippen LogP contribution in [-0.2, 0) is 16.0 Å². The Labute approximate surface area is 248 Å². The Hall–Kier alpha value is -3.58. The van der Waals surface area contributed by atoms with Gasteiger partial charge in [0.05, 0.1) is 11.3 Å². The monoisotopic (exact) mass is 574 g/mol. The predicted molar refractivity (Wildman–Crippen MR) is 165 cm³/mol. The molecule has 0 unspecified atom stereocenters. The van der Waals surface area contributed by atoms with Gasteiger partial charge in [0.2, 0.25) is 0 Å². The molecule has 0 radical (unpaired) electrons. The Balaban J connectivity index is 1.75. The zero-order chi connectivity index (χ0) is 30.8. The summed E-state index contributed by atoms with van der Waals surface area (Å²) in [5.41, 5.74) is 5.64. The first-order valence-electron chi connectivity index (χ1n) is 14.7. The van der Waals surface area contributed by atoms with Crippen LogP contribution >= 0.6 is 0 Å². The number of aromatic nitrogens is 1. The van der Waals surface area contributed by atoms with Crippen LogP contribution in [0.1, 0.15) is 92.9 Å². The number of halogens is 1. The van der Waals surface area contributed by atoms with E-state index in [4.69, 9.17) is 9.72 Å². The number of hydrogen-bond acceptors (Lipinski definition) is 5. The van der Waals surface area contributed by atoms with E-state index in [1.807, 2.05) is 58.9 Å². The van der Waals surface area contributed by atoms with Gasteiger partial charge in [0.1, 0.15) is 5.82 Å². The molecule has 6 nitrogen and oxygen atoms in total. The molecule has 0 saturated carbocycles. The van der Waals surface area contributed by atoms with E-state index < -0.39 is 17.7 Å². The highest BCUT2D eigenvalue weighted by molar-refractivity contribution is 5.97. The number of Topliss-reactive ketones (excluding diaryl/α,β-unsaturated/α-hetero) is 1. The third kappa shape index (κ3) is 7.43. The second-order valence-corrected chi connectivity index (χ2v) is 13.1. The molecule has 7 heteroatoms. The van der Waals surface area contributed by atoms with Crippen molar-refractivity contribution >= 4 is 17.4 Å². The smallest absolute Gasteiger partial charge is 0.337 e. The van der Waals surface area contributed by atoms with E-state index in [1.165, 1.54) is 12.1 Å². The highest BCUT2D eigenvalue weighted by Gasteiger charge is 2.36. The zero-order valence-corrected chi connectivity index (χ0v) is 25.9. The third-order valence-electron chi connectivity index (χ3n) is 8.02. The fraction of sp³-hybridized carbons (Fsp3) is 0.457. The van der Waals surface area contributed by atoms with E-state index in [-0.39, 0.29) is 17.0 Å². The van der Waals surface area contributed by atoms with Crippen LogP contribution < -0.4 is 4.90 Å². The van der Waals surface area contributed by atoms with E-state index in [9.17, 15) is 19.1 Å². The van der Waals surface area contributed by atoms with Crippen molar-refractivity contribution in [2.24, 2.45) is 5.41 Å². The fourth-order valence-electron chi connectivity index (χ4n) is 5.63. The van der Waals surface area contributed by atoms with Crippen molar-refractivity contribution in [1.29, 1.82) is 0 Å². The lowest BCUT2D eigenvalue weighted by Crippen LogP contribution is -2.39. The Morgan fingerprint density at radius 1 is 1.00 bits per heavy atom. The number of carboxylic acid groups (broad SMARTS) is 1. The van der Waals surface area contributed by atoms with Crippen LogP contribution in [0.2, 0.25) is 0 Å². The highest BCUT2D eigenvalue weighted by Crippen LogP contribution is 2.44. The maximum atomic E-state index is 13.2. The molecule has 1 aliphatic rings. The Kier molecular flexibility index (Phi) is 9.21.